The van der Waals surface area contributed by atoms with Gasteiger partial charge in [-0.25, -0.2) is 4.98 Å². The van der Waals surface area contributed by atoms with Crippen LogP contribution in [-0.2, 0) is 11.3 Å². The Hall–Kier alpha value is -2.07. The van der Waals surface area contributed by atoms with E-state index in [1.54, 1.807) is 4.90 Å². The number of aliphatic hydroxyl groups excluding tert-OH is 1. The van der Waals surface area contributed by atoms with Crippen molar-refractivity contribution in [2.45, 2.75) is 45.1 Å². The first kappa shape index (κ1) is 21.8. The summed E-state index contributed by atoms with van der Waals surface area (Å²) >= 11 is 3.57. The molecule has 170 valence electrons. The van der Waals surface area contributed by atoms with Crippen LogP contribution >= 0.6 is 15.9 Å². The lowest BCUT2D eigenvalue weighted by molar-refractivity contribution is -0.0213. The number of hydrogen-bond acceptors (Lipinski definition) is 6. The van der Waals surface area contributed by atoms with Gasteiger partial charge in [0.1, 0.15) is 29.6 Å². The minimum Gasteiger partial charge on any atom is -0.491 e. The highest BCUT2D eigenvalue weighted by Crippen LogP contribution is 2.41. The van der Waals surface area contributed by atoms with Gasteiger partial charge >= 0.3 is 0 Å². The van der Waals surface area contributed by atoms with Crippen LogP contribution < -0.4 is 14.4 Å². The van der Waals surface area contributed by atoms with Crippen molar-refractivity contribution < 1.29 is 19.3 Å². The predicted molar refractivity (Wildman–Crippen MR) is 131 cm³/mol. The van der Waals surface area contributed by atoms with Crippen molar-refractivity contribution in [3.63, 3.8) is 0 Å². The minimum atomic E-state index is -1.17. The number of aromatic nitrogens is 2. The van der Waals surface area contributed by atoms with E-state index in [9.17, 15) is 5.11 Å². The monoisotopic (exact) mass is 517 g/mol. The third-order valence-electron chi connectivity index (χ3n) is 5.81. The predicted octanol–water partition coefficient (Wildman–Crippen LogP) is 5.04. The number of aryl methyl sites for hydroxylation is 1. The van der Waals surface area contributed by atoms with Gasteiger partial charge in [0.25, 0.3) is 6.41 Å². The van der Waals surface area contributed by atoms with E-state index in [4.69, 9.17) is 19.2 Å². The molecule has 3 heterocycles. The van der Waals surface area contributed by atoms with Crippen molar-refractivity contribution >= 4 is 40.7 Å². The van der Waals surface area contributed by atoms with Crippen LogP contribution in [0.15, 0.2) is 34.8 Å². The van der Waals surface area contributed by atoms with Crippen LogP contribution in [-0.4, -0.2) is 49.1 Å². The first-order valence-electron chi connectivity index (χ1n) is 11.0. The summed E-state index contributed by atoms with van der Waals surface area (Å²) in [7, 11) is -1.17. The first-order valence-corrected chi connectivity index (χ1v) is 15.5. The SMILES string of the molecule is C[Si](C)(C)CCOCN1c2cc(-c3nc4cc(Br)cc5c4n3CCCO5)ccc2OC1O. The largest absolute Gasteiger partial charge is 0.491 e. The van der Waals surface area contributed by atoms with E-state index in [1.807, 2.05) is 30.3 Å². The molecule has 1 unspecified atom stereocenters. The number of rotatable bonds is 6. The molecule has 3 aromatic rings. The summed E-state index contributed by atoms with van der Waals surface area (Å²) in [6.45, 7) is 9.45. The van der Waals surface area contributed by atoms with Crippen LogP contribution in [0.4, 0.5) is 5.69 Å². The van der Waals surface area contributed by atoms with Gasteiger partial charge < -0.3 is 23.9 Å². The van der Waals surface area contributed by atoms with E-state index in [1.165, 1.54) is 0 Å². The second-order valence-electron chi connectivity index (χ2n) is 9.51. The zero-order valence-corrected chi connectivity index (χ0v) is 21.2. The second-order valence-corrected chi connectivity index (χ2v) is 16.0. The summed E-state index contributed by atoms with van der Waals surface area (Å²) in [5.41, 5.74) is 3.70. The fourth-order valence-electron chi connectivity index (χ4n) is 4.10. The highest BCUT2D eigenvalue weighted by atomic mass is 79.9. The molecule has 0 saturated heterocycles. The van der Waals surface area contributed by atoms with Gasteiger partial charge in [0.15, 0.2) is 0 Å². The average Bonchev–Trinajstić information content (AvgIpc) is 3.15. The highest BCUT2D eigenvalue weighted by molar-refractivity contribution is 9.10. The standard InChI is InChI=1S/C23H28BrN3O4Si/c1-32(2,3)10-9-29-14-27-18-11-15(5-6-19(18)31-23(27)28)22-25-17-12-16(24)13-20-21(17)26(22)7-4-8-30-20/h5-6,11-13,23,28H,4,7-10,14H2,1-3H3. The van der Waals surface area contributed by atoms with Gasteiger partial charge in [-0.2, -0.15) is 0 Å². The third kappa shape index (κ3) is 4.14. The molecule has 0 saturated carbocycles. The number of fused-ring (bicyclic) bond motifs is 1. The molecule has 5 rings (SSSR count). The van der Waals surface area contributed by atoms with Gasteiger partial charge in [0.2, 0.25) is 0 Å². The average molecular weight is 518 g/mol. The van der Waals surface area contributed by atoms with Crippen LogP contribution in [0.2, 0.25) is 25.7 Å². The van der Waals surface area contributed by atoms with Crippen LogP contribution in [0.1, 0.15) is 6.42 Å². The fourth-order valence-corrected chi connectivity index (χ4v) is 5.28. The van der Waals surface area contributed by atoms with Gasteiger partial charge in [-0.05, 0) is 42.8 Å². The molecule has 1 atom stereocenters. The van der Waals surface area contributed by atoms with E-state index in [-0.39, 0.29) is 6.73 Å². The third-order valence-corrected chi connectivity index (χ3v) is 7.97. The maximum absolute atomic E-state index is 10.4. The molecule has 0 fully saturated rings. The lowest BCUT2D eigenvalue weighted by Crippen LogP contribution is -2.36. The molecule has 7 nitrogen and oxygen atoms in total. The van der Waals surface area contributed by atoms with Crippen LogP contribution in [0.5, 0.6) is 11.5 Å². The van der Waals surface area contributed by atoms with Crippen molar-refractivity contribution in [2.24, 2.45) is 0 Å². The Bertz CT molecular complexity index is 1160. The number of benzene rings is 2. The molecule has 1 aromatic heterocycles. The number of aliphatic hydroxyl groups is 1. The van der Waals surface area contributed by atoms with E-state index in [0.29, 0.717) is 19.0 Å². The number of halogens is 1. The first-order chi connectivity index (χ1) is 15.3. The van der Waals surface area contributed by atoms with E-state index in [2.05, 4.69) is 40.1 Å². The van der Waals surface area contributed by atoms with Gasteiger partial charge in [-0.15, -0.1) is 0 Å². The van der Waals surface area contributed by atoms with Gasteiger partial charge in [-0.1, -0.05) is 35.6 Å². The van der Waals surface area contributed by atoms with E-state index < -0.39 is 14.5 Å². The zero-order valence-electron chi connectivity index (χ0n) is 18.6. The Morgan fingerprint density at radius 2 is 2.06 bits per heavy atom. The summed E-state index contributed by atoms with van der Waals surface area (Å²) in [6.07, 6.45) is -0.141. The Balaban J connectivity index is 1.47. The summed E-state index contributed by atoms with van der Waals surface area (Å²) < 4.78 is 20.7. The molecule has 32 heavy (non-hydrogen) atoms. The van der Waals surface area contributed by atoms with Gasteiger partial charge in [0.05, 0.1) is 17.8 Å². The molecule has 0 bridgehead atoms. The van der Waals surface area contributed by atoms with Crippen molar-refractivity contribution in [1.82, 2.24) is 9.55 Å². The fraction of sp³-hybridized carbons (Fsp3) is 0.435. The van der Waals surface area contributed by atoms with Crippen molar-refractivity contribution in [1.29, 1.82) is 0 Å². The van der Waals surface area contributed by atoms with Gasteiger partial charge in [0, 0.05) is 31.3 Å². The maximum atomic E-state index is 10.4. The molecule has 1 N–H and O–H groups in total. The molecule has 0 radical (unpaired) electrons. The molecule has 0 amide bonds. The second kappa shape index (κ2) is 8.37. The Morgan fingerprint density at radius 1 is 1.22 bits per heavy atom. The number of nitrogens with zero attached hydrogens (tertiary/aromatic N) is 3. The van der Waals surface area contributed by atoms with E-state index in [0.717, 1.165) is 57.3 Å². The maximum Gasteiger partial charge on any atom is 0.283 e. The molecule has 0 spiro atoms. The number of ether oxygens (including phenoxy) is 3. The summed E-state index contributed by atoms with van der Waals surface area (Å²) in [5, 5.41) is 10.4. The molecule has 2 aliphatic rings. The van der Waals surface area contributed by atoms with E-state index >= 15 is 0 Å². The quantitative estimate of drug-likeness (QED) is 0.365. The van der Waals surface area contributed by atoms with Crippen molar-refractivity contribution in [3.8, 4) is 22.9 Å². The molecule has 9 heteroatoms. The molecular formula is C23H28BrN3O4Si. The minimum absolute atomic E-state index is 0.281. The Labute approximate surface area is 197 Å². The van der Waals surface area contributed by atoms with Crippen LogP contribution in [0, 0.1) is 0 Å². The topological polar surface area (TPSA) is 69.0 Å². The summed E-state index contributed by atoms with van der Waals surface area (Å²) in [4.78, 5) is 6.68. The summed E-state index contributed by atoms with van der Waals surface area (Å²) in [6, 6.07) is 11.0. The Morgan fingerprint density at radius 3 is 2.88 bits per heavy atom. The van der Waals surface area contributed by atoms with Gasteiger partial charge in [-0.3, -0.25) is 4.90 Å². The van der Waals surface area contributed by atoms with Crippen LogP contribution in [0.25, 0.3) is 22.4 Å². The number of hydrogen-bond donors (Lipinski definition) is 1. The normalized spacial score (nSPS) is 17.8. The highest BCUT2D eigenvalue weighted by Gasteiger charge is 2.31. The lowest BCUT2D eigenvalue weighted by atomic mass is 10.1. The van der Waals surface area contributed by atoms with Crippen molar-refractivity contribution in [2.75, 3.05) is 24.8 Å². The zero-order chi connectivity index (χ0) is 22.5. The van der Waals surface area contributed by atoms with Crippen molar-refractivity contribution in [3.05, 3.63) is 34.8 Å². The number of anilines is 1. The molecule has 2 aromatic carbocycles. The van der Waals surface area contributed by atoms with Crippen LogP contribution in [0.3, 0.4) is 0 Å². The molecular weight excluding hydrogens is 490 g/mol. The Kier molecular flexibility index (Phi) is 5.69. The lowest BCUT2D eigenvalue weighted by Gasteiger charge is -2.22. The summed E-state index contributed by atoms with van der Waals surface area (Å²) in [5.74, 6) is 2.38. The molecule has 0 aliphatic carbocycles. The molecule has 2 aliphatic heterocycles. The number of imidazole rings is 1. The smallest absolute Gasteiger partial charge is 0.283 e.